The number of allylic oxidation sites excluding steroid dienone is 23. The summed E-state index contributed by atoms with van der Waals surface area (Å²) in [5.41, 5.74) is 0. The van der Waals surface area contributed by atoms with E-state index < -0.39 is 49.5 Å². The van der Waals surface area contributed by atoms with Crippen LogP contribution in [0.5, 0.6) is 0 Å². The second kappa shape index (κ2) is 49.6. The standard InChI is InChI=1S/C62H99NO8/c1-3-5-7-9-11-13-15-17-19-20-21-22-23-24-25-26-27-28-29-30-31-32-33-34-35-36-38-40-42-44-46-48-50-52-58(66)63-55(54-70-62-61(69)60(68)59(67)57(53-64)71-62)56(65)51-49-47-45-43-41-39-37-18-16-14-12-10-8-6-4-2/h5,7,11,13,17,19,21-22,24-25,27-28,30-31,33-34,36,38,41-44,49,51,55-57,59-62,64-65,67-69H,3-4,6,8-10,12,14-16,18,20,23,26,29,32,35,37,39-40,45-48,50,52-54H2,1-2H3,(H,63,66)/b7-5-,13-11-,19-17-,22-21-,25-24-,28-27-,31-30-,34-33-,38-36-,43-41+,44-42-,51-49+. The Kier molecular flexibility index (Phi) is 45.5. The molecule has 6 N–H and O–H groups in total. The number of amides is 1. The van der Waals surface area contributed by atoms with Crippen LogP contribution in [0.4, 0.5) is 0 Å². The van der Waals surface area contributed by atoms with E-state index in [1.807, 2.05) is 6.08 Å². The van der Waals surface area contributed by atoms with Gasteiger partial charge in [0.15, 0.2) is 6.29 Å². The van der Waals surface area contributed by atoms with E-state index in [1.165, 1.54) is 57.8 Å². The van der Waals surface area contributed by atoms with Crippen molar-refractivity contribution in [3.05, 3.63) is 146 Å². The summed E-state index contributed by atoms with van der Waals surface area (Å²) in [5, 5.41) is 54.3. The minimum Gasteiger partial charge on any atom is -0.394 e. The minimum atomic E-state index is -1.59. The third kappa shape index (κ3) is 39.3. The summed E-state index contributed by atoms with van der Waals surface area (Å²) in [4.78, 5) is 13.0. The number of hydrogen-bond donors (Lipinski definition) is 6. The first-order valence-corrected chi connectivity index (χ1v) is 27.6. The molecule has 400 valence electrons. The molecule has 1 heterocycles. The molecule has 0 bridgehead atoms. The maximum atomic E-state index is 13.0. The van der Waals surface area contributed by atoms with Gasteiger partial charge in [0.05, 0.1) is 25.4 Å². The van der Waals surface area contributed by atoms with Crippen molar-refractivity contribution in [2.45, 2.75) is 224 Å². The summed E-state index contributed by atoms with van der Waals surface area (Å²) in [6, 6.07) is -0.856. The van der Waals surface area contributed by atoms with Crippen molar-refractivity contribution in [2.75, 3.05) is 13.2 Å². The molecule has 1 saturated heterocycles. The highest BCUT2D eigenvalue weighted by Gasteiger charge is 2.44. The number of nitrogens with one attached hydrogen (secondary N) is 1. The average molecular weight is 986 g/mol. The molecular formula is C62H99NO8. The number of carbonyl (C=O) groups excluding carboxylic acids is 1. The molecule has 71 heavy (non-hydrogen) atoms. The van der Waals surface area contributed by atoms with E-state index in [-0.39, 0.29) is 18.9 Å². The monoisotopic (exact) mass is 986 g/mol. The van der Waals surface area contributed by atoms with Crippen LogP contribution in [0, 0.1) is 0 Å². The molecule has 1 aliphatic heterocycles. The van der Waals surface area contributed by atoms with Crippen LogP contribution in [0.15, 0.2) is 146 Å². The van der Waals surface area contributed by atoms with E-state index in [9.17, 15) is 30.3 Å². The van der Waals surface area contributed by atoms with Gasteiger partial charge in [0.2, 0.25) is 5.91 Å². The lowest BCUT2D eigenvalue weighted by Gasteiger charge is -2.40. The van der Waals surface area contributed by atoms with Crippen molar-refractivity contribution in [2.24, 2.45) is 0 Å². The summed E-state index contributed by atoms with van der Waals surface area (Å²) >= 11 is 0. The first kappa shape index (κ1) is 65.1. The number of hydrogen-bond acceptors (Lipinski definition) is 8. The summed E-state index contributed by atoms with van der Waals surface area (Å²) in [6.45, 7) is 3.59. The van der Waals surface area contributed by atoms with Crippen LogP contribution in [0.2, 0.25) is 0 Å². The minimum absolute atomic E-state index is 0.229. The van der Waals surface area contributed by atoms with Crippen molar-refractivity contribution in [1.82, 2.24) is 5.32 Å². The molecule has 9 heteroatoms. The van der Waals surface area contributed by atoms with Crippen LogP contribution in [-0.2, 0) is 14.3 Å². The molecule has 1 rings (SSSR count). The van der Waals surface area contributed by atoms with E-state index >= 15 is 0 Å². The lowest BCUT2D eigenvalue weighted by atomic mass is 9.99. The van der Waals surface area contributed by atoms with E-state index in [2.05, 4.69) is 153 Å². The van der Waals surface area contributed by atoms with Crippen molar-refractivity contribution < 1.29 is 39.8 Å². The van der Waals surface area contributed by atoms with E-state index in [4.69, 9.17) is 9.47 Å². The number of rotatable bonds is 44. The van der Waals surface area contributed by atoms with Gasteiger partial charge in [-0.2, -0.15) is 0 Å². The van der Waals surface area contributed by atoms with Crippen LogP contribution in [-0.4, -0.2) is 87.5 Å². The lowest BCUT2D eigenvalue weighted by molar-refractivity contribution is -0.302. The van der Waals surface area contributed by atoms with E-state index in [0.29, 0.717) is 6.42 Å². The molecule has 1 amide bonds. The molecule has 0 spiro atoms. The predicted molar refractivity (Wildman–Crippen MR) is 299 cm³/mol. The number of carbonyl (C=O) groups is 1. The van der Waals surface area contributed by atoms with Gasteiger partial charge < -0.3 is 40.3 Å². The number of aliphatic hydroxyl groups excluding tert-OH is 5. The molecule has 0 aliphatic carbocycles. The zero-order valence-electron chi connectivity index (χ0n) is 44.2. The van der Waals surface area contributed by atoms with Crippen LogP contribution in [0.1, 0.15) is 181 Å². The zero-order valence-corrected chi connectivity index (χ0v) is 44.2. The Morgan fingerprint density at radius 1 is 0.493 bits per heavy atom. The molecule has 0 aromatic carbocycles. The summed E-state index contributed by atoms with van der Waals surface area (Å²) in [7, 11) is 0. The molecule has 7 unspecified atom stereocenters. The highest BCUT2D eigenvalue weighted by molar-refractivity contribution is 5.76. The normalized spacial score (nSPS) is 20.5. The van der Waals surface area contributed by atoms with E-state index in [0.717, 1.165) is 96.3 Å². The maximum Gasteiger partial charge on any atom is 0.220 e. The van der Waals surface area contributed by atoms with Crippen LogP contribution in [0.3, 0.4) is 0 Å². The smallest absolute Gasteiger partial charge is 0.220 e. The highest BCUT2D eigenvalue weighted by Crippen LogP contribution is 2.22. The van der Waals surface area contributed by atoms with Gasteiger partial charge in [0.25, 0.3) is 0 Å². The van der Waals surface area contributed by atoms with Gasteiger partial charge in [-0.15, -0.1) is 0 Å². The fourth-order valence-corrected chi connectivity index (χ4v) is 7.55. The van der Waals surface area contributed by atoms with Crippen molar-refractivity contribution in [1.29, 1.82) is 0 Å². The Labute approximate surface area is 432 Å². The Balaban J connectivity index is 2.30. The summed E-state index contributed by atoms with van der Waals surface area (Å²) in [5.74, 6) is -0.236. The van der Waals surface area contributed by atoms with Gasteiger partial charge in [-0.05, 0) is 109 Å². The number of aliphatic hydroxyl groups is 5. The molecular weight excluding hydrogens is 887 g/mol. The summed E-state index contributed by atoms with van der Waals surface area (Å²) < 4.78 is 11.2. The molecule has 0 radical (unpaired) electrons. The Hall–Kier alpha value is -3.93. The SMILES string of the molecule is CC/C=C\C/C=C\C/C=C\C/C=C\C/C=C\C/C=C\C/C=C\C/C=C\C/C=C\C/C=C\CCCCC(=O)NC(COC1OC(CO)C(O)C(O)C1O)C(O)/C=C/CC/C=C/CCCCCCCCCCC. The molecule has 0 aromatic heterocycles. The molecule has 1 aliphatic rings. The van der Waals surface area contributed by atoms with Gasteiger partial charge in [0, 0.05) is 6.42 Å². The van der Waals surface area contributed by atoms with Crippen LogP contribution in [0.25, 0.3) is 0 Å². The molecule has 1 fully saturated rings. The van der Waals surface area contributed by atoms with Gasteiger partial charge in [-0.25, -0.2) is 0 Å². The third-order valence-corrected chi connectivity index (χ3v) is 11.9. The first-order chi connectivity index (χ1) is 34.8. The van der Waals surface area contributed by atoms with E-state index in [1.54, 1.807) is 6.08 Å². The van der Waals surface area contributed by atoms with Crippen molar-refractivity contribution >= 4 is 5.91 Å². The average Bonchev–Trinajstić information content (AvgIpc) is 3.37. The second-order valence-electron chi connectivity index (χ2n) is 18.3. The quantitative estimate of drug-likeness (QED) is 0.0261. The Morgan fingerprint density at radius 2 is 0.887 bits per heavy atom. The zero-order chi connectivity index (χ0) is 51.5. The highest BCUT2D eigenvalue weighted by atomic mass is 16.7. The van der Waals surface area contributed by atoms with Gasteiger partial charge in [0.1, 0.15) is 24.4 Å². The largest absolute Gasteiger partial charge is 0.394 e. The predicted octanol–water partition coefficient (Wildman–Crippen LogP) is 13.5. The third-order valence-electron chi connectivity index (χ3n) is 11.9. The Bertz CT molecular complexity index is 1610. The molecule has 9 nitrogen and oxygen atoms in total. The topological polar surface area (TPSA) is 149 Å². The van der Waals surface area contributed by atoms with Crippen LogP contribution < -0.4 is 5.32 Å². The summed E-state index contributed by atoms with van der Waals surface area (Å²) in [6.07, 6.45) is 70.5. The van der Waals surface area contributed by atoms with Crippen LogP contribution >= 0.6 is 0 Å². The van der Waals surface area contributed by atoms with Crippen molar-refractivity contribution in [3.63, 3.8) is 0 Å². The molecule has 0 saturated carbocycles. The fraction of sp³-hybridized carbons (Fsp3) is 0.597. The molecule has 7 atom stereocenters. The van der Waals surface area contributed by atoms with Gasteiger partial charge >= 0.3 is 0 Å². The number of unbranched alkanes of at least 4 members (excludes halogenated alkanes) is 12. The van der Waals surface area contributed by atoms with Gasteiger partial charge in [-0.1, -0.05) is 211 Å². The Morgan fingerprint density at radius 3 is 1.35 bits per heavy atom. The fourth-order valence-electron chi connectivity index (χ4n) is 7.55. The second-order valence-corrected chi connectivity index (χ2v) is 18.3. The molecule has 0 aromatic rings. The number of ether oxygens (including phenoxy) is 2. The first-order valence-electron chi connectivity index (χ1n) is 27.6. The van der Waals surface area contributed by atoms with Crippen molar-refractivity contribution in [3.8, 4) is 0 Å². The maximum absolute atomic E-state index is 13.0. The lowest BCUT2D eigenvalue weighted by Crippen LogP contribution is -2.60. The van der Waals surface area contributed by atoms with Gasteiger partial charge in [-0.3, -0.25) is 4.79 Å².